The van der Waals surface area contributed by atoms with Gasteiger partial charge in [-0.25, -0.2) is 5.01 Å². The number of piperidine rings is 1. The second kappa shape index (κ2) is 8.54. The number of nitrogens with zero attached hydrogens (tertiary/aromatic N) is 4. The van der Waals surface area contributed by atoms with Crippen molar-refractivity contribution in [1.29, 1.82) is 0 Å². The number of halogens is 1. The van der Waals surface area contributed by atoms with Crippen molar-refractivity contribution in [2.24, 2.45) is 0 Å². The van der Waals surface area contributed by atoms with Gasteiger partial charge in [0.2, 0.25) is 0 Å². The first-order chi connectivity index (χ1) is 13.7. The van der Waals surface area contributed by atoms with E-state index in [4.69, 9.17) is 11.6 Å². The third kappa shape index (κ3) is 4.40. The van der Waals surface area contributed by atoms with Crippen molar-refractivity contribution in [2.45, 2.75) is 25.8 Å². The highest BCUT2D eigenvalue weighted by atomic mass is 35.5. The van der Waals surface area contributed by atoms with Crippen LogP contribution >= 0.6 is 11.6 Å². The van der Waals surface area contributed by atoms with E-state index in [0.29, 0.717) is 5.02 Å². The lowest BCUT2D eigenvalue weighted by atomic mass is 10.1. The zero-order valence-electron chi connectivity index (χ0n) is 15.5. The Balaban J connectivity index is 1.59. The fourth-order valence-corrected chi connectivity index (χ4v) is 3.48. The van der Waals surface area contributed by atoms with Crippen LogP contribution in [0.4, 0.5) is 0 Å². The van der Waals surface area contributed by atoms with Gasteiger partial charge < -0.3 is 0 Å². The number of carbonyl (C=O) groups is 1. The first kappa shape index (κ1) is 18.7. The number of hydrazine groups is 1. The van der Waals surface area contributed by atoms with Crippen molar-refractivity contribution < 1.29 is 4.79 Å². The molecule has 1 fully saturated rings. The molecule has 0 aliphatic carbocycles. The Morgan fingerprint density at radius 1 is 0.893 bits per heavy atom. The standard InChI is InChI=1S/C21H22ClN5O/c22-18-11-9-17(10-12-18)21-20(16-7-3-1-4-8-16)24-27(25-21)15-19(28)23-26-13-5-2-6-14-26/h1,3-4,7-12H,2,5-6,13-15H2,(H,23,28). The average Bonchev–Trinajstić information content (AvgIpc) is 3.13. The van der Waals surface area contributed by atoms with Crippen molar-refractivity contribution in [3.63, 3.8) is 0 Å². The zero-order chi connectivity index (χ0) is 19.3. The minimum Gasteiger partial charge on any atom is -0.287 e. The van der Waals surface area contributed by atoms with Crippen molar-refractivity contribution >= 4 is 17.5 Å². The normalized spacial score (nSPS) is 14.8. The Morgan fingerprint density at radius 3 is 2.14 bits per heavy atom. The Kier molecular flexibility index (Phi) is 5.69. The summed E-state index contributed by atoms with van der Waals surface area (Å²) in [4.78, 5) is 13.9. The van der Waals surface area contributed by atoms with Gasteiger partial charge in [0.1, 0.15) is 17.9 Å². The van der Waals surface area contributed by atoms with E-state index >= 15 is 0 Å². The Morgan fingerprint density at radius 2 is 1.50 bits per heavy atom. The fraction of sp³-hybridized carbons (Fsp3) is 0.286. The number of carbonyl (C=O) groups excluding carboxylic acids is 1. The van der Waals surface area contributed by atoms with Crippen molar-refractivity contribution in [3.8, 4) is 22.5 Å². The molecule has 1 amide bonds. The predicted octanol–water partition coefficient (Wildman–Crippen LogP) is 3.78. The third-order valence-corrected chi connectivity index (χ3v) is 5.00. The molecule has 4 rings (SSSR count). The van der Waals surface area contributed by atoms with Gasteiger partial charge in [-0.2, -0.15) is 15.0 Å². The van der Waals surface area contributed by atoms with Gasteiger partial charge in [0, 0.05) is 29.2 Å². The van der Waals surface area contributed by atoms with Gasteiger partial charge in [-0.1, -0.05) is 60.5 Å². The summed E-state index contributed by atoms with van der Waals surface area (Å²) in [5, 5.41) is 11.9. The number of hydrogen-bond acceptors (Lipinski definition) is 4. The van der Waals surface area contributed by atoms with Gasteiger partial charge in [-0.3, -0.25) is 10.2 Å². The number of amides is 1. The van der Waals surface area contributed by atoms with Crippen LogP contribution in [0.25, 0.3) is 22.5 Å². The zero-order valence-corrected chi connectivity index (χ0v) is 16.3. The predicted molar refractivity (Wildman–Crippen MR) is 109 cm³/mol. The number of aromatic nitrogens is 3. The van der Waals surface area contributed by atoms with E-state index in [1.54, 1.807) is 0 Å². The van der Waals surface area contributed by atoms with Crippen LogP contribution < -0.4 is 5.43 Å². The summed E-state index contributed by atoms with van der Waals surface area (Å²) in [6.07, 6.45) is 3.44. The molecule has 1 aliphatic heterocycles. The lowest BCUT2D eigenvalue weighted by molar-refractivity contribution is -0.127. The molecule has 1 aliphatic rings. The molecule has 7 heteroatoms. The molecule has 6 nitrogen and oxygen atoms in total. The van der Waals surface area contributed by atoms with Crippen LogP contribution in [0.1, 0.15) is 19.3 Å². The number of benzene rings is 2. The molecule has 1 saturated heterocycles. The Bertz CT molecular complexity index is 933. The van der Waals surface area contributed by atoms with Gasteiger partial charge in [-0.15, -0.1) is 0 Å². The van der Waals surface area contributed by atoms with E-state index in [0.717, 1.165) is 48.4 Å². The van der Waals surface area contributed by atoms with Gasteiger partial charge in [0.15, 0.2) is 0 Å². The number of rotatable bonds is 5. The van der Waals surface area contributed by atoms with E-state index < -0.39 is 0 Å². The van der Waals surface area contributed by atoms with E-state index in [-0.39, 0.29) is 12.5 Å². The summed E-state index contributed by atoms with van der Waals surface area (Å²) in [6.45, 7) is 1.86. The van der Waals surface area contributed by atoms with Crippen LogP contribution in [-0.4, -0.2) is 39.0 Å². The first-order valence-corrected chi connectivity index (χ1v) is 9.88. The smallest absolute Gasteiger partial charge is 0.257 e. The largest absolute Gasteiger partial charge is 0.287 e. The Labute approximate surface area is 169 Å². The molecule has 0 atom stereocenters. The second-order valence-electron chi connectivity index (χ2n) is 6.88. The summed E-state index contributed by atoms with van der Waals surface area (Å²) in [7, 11) is 0. The second-order valence-corrected chi connectivity index (χ2v) is 7.32. The topological polar surface area (TPSA) is 63.1 Å². The van der Waals surface area contributed by atoms with Crippen LogP contribution in [0, 0.1) is 0 Å². The maximum atomic E-state index is 12.4. The lowest BCUT2D eigenvalue weighted by Gasteiger charge is -2.26. The maximum absolute atomic E-state index is 12.4. The fourth-order valence-electron chi connectivity index (χ4n) is 3.36. The molecule has 0 radical (unpaired) electrons. The first-order valence-electron chi connectivity index (χ1n) is 9.50. The SMILES string of the molecule is O=C(Cn1nc(-c2ccccc2)c(-c2ccc(Cl)cc2)n1)NN1CCCCC1. The van der Waals surface area contributed by atoms with Crippen molar-refractivity contribution in [2.75, 3.05) is 13.1 Å². The minimum atomic E-state index is -0.112. The molecule has 0 unspecified atom stereocenters. The molecule has 0 bridgehead atoms. The van der Waals surface area contributed by atoms with Gasteiger partial charge >= 0.3 is 0 Å². The van der Waals surface area contributed by atoms with Crippen LogP contribution in [0.3, 0.4) is 0 Å². The van der Waals surface area contributed by atoms with E-state index in [2.05, 4.69) is 15.6 Å². The third-order valence-electron chi connectivity index (χ3n) is 4.74. The summed E-state index contributed by atoms with van der Waals surface area (Å²) in [5.41, 5.74) is 6.30. The van der Waals surface area contributed by atoms with Crippen LogP contribution in [0.15, 0.2) is 54.6 Å². The Hall–Kier alpha value is -2.70. The van der Waals surface area contributed by atoms with E-state index in [1.165, 1.54) is 11.2 Å². The molecule has 0 saturated carbocycles. The maximum Gasteiger partial charge on any atom is 0.257 e. The van der Waals surface area contributed by atoms with Crippen LogP contribution in [-0.2, 0) is 11.3 Å². The highest BCUT2D eigenvalue weighted by Gasteiger charge is 2.18. The van der Waals surface area contributed by atoms with Crippen molar-refractivity contribution in [3.05, 3.63) is 59.6 Å². The molecular weight excluding hydrogens is 374 g/mol. The molecule has 0 spiro atoms. The van der Waals surface area contributed by atoms with E-state index in [9.17, 15) is 4.79 Å². The molecule has 28 heavy (non-hydrogen) atoms. The highest BCUT2D eigenvalue weighted by Crippen LogP contribution is 2.29. The average molecular weight is 396 g/mol. The quantitative estimate of drug-likeness (QED) is 0.714. The van der Waals surface area contributed by atoms with Crippen LogP contribution in [0.5, 0.6) is 0 Å². The molecule has 3 aromatic rings. The molecule has 1 N–H and O–H groups in total. The summed E-state index contributed by atoms with van der Waals surface area (Å²) in [5.74, 6) is -0.112. The minimum absolute atomic E-state index is 0.0733. The van der Waals surface area contributed by atoms with Gasteiger partial charge in [0.25, 0.3) is 5.91 Å². The highest BCUT2D eigenvalue weighted by molar-refractivity contribution is 6.30. The molecule has 2 heterocycles. The van der Waals surface area contributed by atoms with Gasteiger partial charge in [0.05, 0.1) is 0 Å². The number of nitrogens with one attached hydrogen (secondary N) is 1. The number of hydrogen-bond donors (Lipinski definition) is 1. The van der Waals surface area contributed by atoms with Crippen LogP contribution in [0.2, 0.25) is 5.02 Å². The van der Waals surface area contributed by atoms with E-state index in [1.807, 2.05) is 59.6 Å². The summed E-state index contributed by atoms with van der Waals surface area (Å²) < 4.78 is 0. The molecular formula is C21H22ClN5O. The monoisotopic (exact) mass is 395 g/mol. The summed E-state index contributed by atoms with van der Waals surface area (Å²) in [6, 6.07) is 17.3. The lowest BCUT2D eigenvalue weighted by Crippen LogP contribution is -2.46. The molecule has 2 aromatic carbocycles. The summed E-state index contributed by atoms with van der Waals surface area (Å²) >= 11 is 6.02. The molecule has 144 valence electrons. The molecule has 1 aromatic heterocycles. The van der Waals surface area contributed by atoms with Gasteiger partial charge in [-0.05, 0) is 25.0 Å². The van der Waals surface area contributed by atoms with Crippen molar-refractivity contribution in [1.82, 2.24) is 25.4 Å².